The number of β-amino-alcohol motifs (C(OH)–C–C–N with tert-alkyl or cyclic N) is 1. The number of likely N-dealkylation sites (tertiary alicyclic amines) is 1. The topological polar surface area (TPSA) is 78.6 Å². The van der Waals surface area contributed by atoms with Crippen LogP contribution in [0.3, 0.4) is 0 Å². The maximum absolute atomic E-state index is 14.5. The highest BCUT2D eigenvalue weighted by Crippen LogP contribution is 2.32. The Morgan fingerprint density at radius 1 is 1.24 bits per heavy atom. The molecule has 0 radical (unpaired) electrons. The van der Waals surface area contributed by atoms with E-state index in [9.17, 15) is 23.1 Å². The van der Waals surface area contributed by atoms with E-state index in [1.807, 2.05) is 6.92 Å². The van der Waals surface area contributed by atoms with Crippen molar-refractivity contribution in [2.75, 3.05) is 18.4 Å². The number of amides is 1. The van der Waals surface area contributed by atoms with E-state index < -0.39 is 40.7 Å². The van der Waals surface area contributed by atoms with Gasteiger partial charge < -0.3 is 21.1 Å². The molecule has 1 saturated heterocycles. The van der Waals surface area contributed by atoms with Crippen LogP contribution in [-0.4, -0.2) is 40.6 Å². The number of nitrogens with one attached hydrogen (secondary N) is 1. The molecular weight excluding hydrogens is 383 g/mol. The molecule has 1 amide bonds. The van der Waals surface area contributed by atoms with Crippen molar-refractivity contribution in [2.45, 2.75) is 38.3 Å². The first-order valence-electron chi connectivity index (χ1n) is 9.44. The molecule has 4 N–H and O–H groups in total. The predicted octanol–water partition coefficient (Wildman–Crippen LogP) is 3.47. The third kappa shape index (κ3) is 4.09. The number of carbonyl (C=O) groups is 1. The minimum atomic E-state index is -1.28. The number of halogens is 3. The lowest BCUT2D eigenvalue weighted by molar-refractivity contribution is -0.0979. The largest absolute Gasteiger partial charge is 0.385 e. The first-order valence-corrected chi connectivity index (χ1v) is 9.44. The summed E-state index contributed by atoms with van der Waals surface area (Å²) in [5, 5.41) is 13.0. The molecule has 156 valence electrons. The highest BCUT2D eigenvalue weighted by molar-refractivity contribution is 6.01. The molecule has 0 spiro atoms. The van der Waals surface area contributed by atoms with E-state index in [2.05, 4.69) is 5.32 Å². The Labute approximate surface area is 167 Å². The van der Waals surface area contributed by atoms with Crippen molar-refractivity contribution >= 4 is 17.3 Å². The summed E-state index contributed by atoms with van der Waals surface area (Å²) in [6.45, 7) is 3.61. The number of benzene rings is 2. The second-order valence-corrected chi connectivity index (χ2v) is 7.55. The summed E-state index contributed by atoms with van der Waals surface area (Å²) in [4.78, 5) is 14.2. The van der Waals surface area contributed by atoms with Crippen molar-refractivity contribution in [3.8, 4) is 0 Å². The maximum atomic E-state index is 14.5. The van der Waals surface area contributed by atoms with Crippen LogP contribution in [0.4, 0.5) is 24.5 Å². The first-order chi connectivity index (χ1) is 13.7. The van der Waals surface area contributed by atoms with Crippen LogP contribution in [0.15, 0.2) is 30.3 Å². The molecule has 1 unspecified atom stereocenters. The van der Waals surface area contributed by atoms with Gasteiger partial charge in [0.15, 0.2) is 11.6 Å². The fraction of sp³-hybridized carbons (Fsp3) is 0.381. The van der Waals surface area contributed by atoms with Crippen molar-refractivity contribution in [3.05, 3.63) is 58.9 Å². The van der Waals surface area contributed by atoms with Crippen molar-refractivity contribution in [1.82, 2.24) is 4.90 Å². The zero-order valence-electron chi connectivity index (χ0n) is 16.3. The van der Waals surface area contributed by atoms with Gasteiger partial charge in [0.05, 0.1) is 30.0 Å². The normalized spacial score (nSPS) is 16.3. The average Bonchev–Trinajstić information content (AvgIpc) is 2.64. The fourth-order valence-electron chi connectivity index (χ4n) is 3.45. The van der Waals surface area contributed by atoms with Gasteiger partial charge in [0, 0.05) is 6.04 Å². The molecule has 1 atom stereocenters. The second-order valence-electron chi connectivity index (χ2n) is 7.55. The van der Waals surface area contributed by atoms with Crippen molar-refractivity contribution in [2.24, 2.45) is 5.73 Å². The van der Waals surface area contributed by atoms with E-state index >= 15 is 0 Å². The molecule has 3 rings (SSSR count). The zero-order valence-corrected chi connectivity index (χ0v) is 16.3. The highest BCUT2D eigenvalue weighted by atomic mass is 19.2. The molecule has 0 bridgehead atoms. The van der Waals surface area contributed by atoms with E-state index in [0.717, 1.165) is 18.6 Å². The van der Waals surface area contributed by atoms with Crippen LogP contribution in [0.25, 0.3) is 0 Å². The number of aryl methyl sites for hydroxylation is 1. The molecule has 2 aromatic carbocycles. The standard InChI is InChI=1S/C21H24F3N3O2/c1-3-4-17(25)21(29)10-27(11-21)20(28)13-6-7-14(22)18(24)19(13)26-16-8-5-12(2)9-15(16)23/h5-9,17,26,29H,3-4,10-11,25H2,1-2H3. The molecule has 0 aromatic heterocycles. The summed E-state index contributed by atoms with van der Waals surface area (Å²) >= 11 is 0. The molecule has 1 aliphatic heterocycles. The molecule has 2 aromatic rings. The van der Waals surface area contributed by atoms with Gasteiger partial charge in [-0.05, 0) is 43.2 Å². The van der Waals surface area contributed by atoms with Crippen LogP contribution >= 0.6 is 0 Å². The molecule has 0 aliphatic carbocycles. The van der Waals surface area contributed by atoms with E-state index in [-0.39, 0.29) is 24.3 Å². The van der Waals surface area contributed by atoms with Gasteiger partial charge in [-0.3, -0.25) is 4.79 Å². The summed E-state index contributed by atoms with van der Waals surface area (Å²) in [6, 6.07) is 5.73. The summed E-state index contributed by atoms with van der Waals surface area (Å²) in [5.41, 5.74) is 4.74. The zero-order chi connectivity index (χ0) is 21.3. The third-order valence-electron chi connectivity index (χ3n) is 5.22. The maximum Gasteiger partial charge on any atom is 0.256 e. The van der Waals surface area contributed by atoms with E-state index in [4.69, 9.17) is 5.73 Å². The highest BCUT2D eigenvalue weighted by Gasteiger charge is 2.48. The molecular formula is C21H24F3N3O2. The fourth-order valence-corrected chi connectivity index (χ4v) is 3.45. The summed E-state index contributed by atoms with van der Waals surface area (Å²) in [7, 11) is 0. The molecule has 5 nitrogen and oxygen atoms in total. The number of anilines is 2. The molecule has 1 fully saturated rings. The Hall–Kier alpha value is -2.58. The van der Waals surface area contributed by atoms with Gasteiger partial charge in [-0.25, -0.2) is 13.2 Å². The van der Waals surface area contributed by atoms with Crippen LogP contribution in [0.5, 0.6) is 0 Å². The van der Waals surface area contributed by atoms with Crippen LogP contribution in [0, 0.1) is 24.4 Å². The number of carbonyl (C=O) groups excluding carboxylic acids is 1. The van der Waals surface area contributed by atoms with Gasteiger partial charge in [-0.15, -0.1) is 0 Å². The number of nitrogens with two attached hydrogens (primary N) is 1. The van der Waals surface area contributed by atoms with E-state index in [0.29, 0.717) is 12.0 Å². The quantitative estimate of drug-likeness (QED) is 0.685. The molecule has 1 heterocycles. The van der Waals surface area contributed by atoms with E-state index in [1.165, 1.54) is 17.0 Å². The smallest absolute Gasteiger partial charge is 0.256 e. The van der Waals surface area contributed by atoms with Crippen molar-refractivity contribution in [3.63, 3.8) is 0 Å². The van der Waals surface area contributed by atoms with Crippen LogP contribution in [0.2, 0.25) is 0 Å². The van der Waals surface area contributed by atoms with E-state index in [1.54, 1.807) is 13.0 Å². The predicted molar refractivity (Wildman–Crippen MR) is 105 cm³/mol. The molecule has 8 heteroatoms. The summed E-state index contributed by atoms with van der Waals surface area (Å²) in [6.07, 6.45) is 1.39. The van der Waals surface area contributed by atoms with Gasteiger partial charge in [0.1, 0.15) is 11.4 Å². The lowest BCUT2D eigenvalue weighted by atomic mass is 9.83. The number of aliphatic hydroxyl groups is 1. The Balaban J connectivity index is 1.87. The Morgan fingerprint density at radius 2 is 1.93 bits per heavy atom. The summed E-state index contributed by atoms with van der Waals surface area (Å²) < 4.78 is 42.5. The Morgan fingerprint density at radius 3 is 2.55 bits per heavy atom. The van der Waals surface area contributed by atoms with Crippen LogP contribution in [0.1, 0.15) is 35.7 Å². The summed E-state index contributed by atoms with van der Waals surface area (Å²) in [5.74, 6) is -3.71. The first kappa shape index (κ1) is 21.1. The van der Waals surface area contributed by atoms with Crippen LogP contribution < -0.4 is 11.1 Å². The lowest BCUT2D eigenvalue weighted by Gasteiger charge is -2.49. The van der Waals surface area contributed by atoms with Gasteiger partial charge in [-0.2, -0.15) is 0 Å². The number of rotatable bonds is 6. The Kier molecular flexibility index (Phi) is 5.86. The molecule has 29 heavy (non-hydrogen) atoms. The number of nitrogens with zero attached hydrogens (tertiary/aromatic N) is 1. The minimum absolute atomic E-state index is 0.00959. The second kappa shape index (κ2) is 8.04. The number of hydrogen-bond acceptors (Lipinski definition) is 4. The molecule has 0 saturated carbocycles. The average molecular weight is 407 g/mol. The minimum Gasteiger partial charge on any atom is -0.385 e. The van der Waals surface area contributed by atoms with Crippen molar-refractivity contribution < 1.29 is 23.1 Å². The Bertz CT molecular complexity index is 930. The number of hydrogen-bond donors (Lipinski definition) is 3. The molecule has 1 aliphatic rings. The lowest BCUT2D eigenvalue weighted by Crippen LogP contribution is -2.70. The van der Waals surface area contributed by atoms with Gasteiger partial charge in [0.2, 0.25) is 0 Å². The SMILES string of the molecule is CCCC(N)C1(O)CN(C(=O)c2ccc(F)c(F)c2Nc2ccc(C)cc2F)C1. The third-order valence-corrected chi connectivity index (χ3v) is 5.22. The monoisotopic (exact) mass is 407 g/mol. The van der Waals surface area contributed by atoms with Crippen molar-refractivity contribution in [1.29, 1.82) is 0 Å². The van der Waals surface area contributed by atoms with Crippen LogP contribution in [-0.2, 0) is 0 Å². The van der Waals surface area contributed by atoms with Gasteiger partial charge in [-0.1, -0.05) is 19.4 Å². The van der Waals surface area contributed by atoms with Gasteiger partial charge >= 0.3 is 0 Å². The van der Waals surface area contributed by atoms with Gasteiger partial charge in [0.25, 0.3) is 5.91 Å².